The number of benzene rings is 1. The number of hydrogen-bond donors (Lipinski definition) is 3. The standard InChI is InChI=1S/C20H25N5O4S/c1-13(2)25-30(27,28)16-8-6-15(7-9-16)23-19-22-12-14(11-21)18(24-19)29-17-5-4-10-20(17,3)26/h6-9,12-13,17,25-26H,4-5,10H2,1-3H3,(H,22,23,24)/t17-,20+/m1/s1. The highest BCUT2D eigenvalue weighted by Crippen LogP contribution is 2.33. The topological polar surface area (TPSA) is 137 Å². The maximum Gasteiger partial charge on any atom is 0.240 e. The molecule has 2 aromatic rings. The summed E-state index contributed by atoms with van der Waals surface area (Å²) in [5.74, 6) is 0.292. The van der Waals surface area contributed by atoms with Crippen molar-refractivity contribution in [1.29, 1.82) is 5.26 Å². The van der Waals surface area contributed by atoms with Gasteiger partial charge in [-0.3, -0.25) is 0 Å². The highest BCUT2D eigenvalue weighted by atomic mass is 32.2. The average molecular weight is 432 g/mol. The van der Waals surface area contributed by atoms with Gasteiger partial charge in [0.1, 0.15) is 17.7 Å². The summed E-state index contributed by atoms with van der Waals surface area (Å²) in [7, 11) is -3.58. The summed E-state index contributed by atoms with van der Waals surface area (Å²) >= 11 is 0. The second-order valence-corrected chi connectivity index (χ2v) is 9.52. The average Bonchev–Trinajstić information content (AvgIpc) is 2.99. The van der Waals surface area contributed by atoms with E-state index in [1.54, 1.807) is 32.9 Å². The van der Waals surface area contributed by atoms with Crippen LogP contribution in [0.1, 0.15) is 45.6 Å². The SMILES string of the molecule is CC(C)NS(=O)(=O)c1ccc(Nc2ncc(C#N)c(O[C@@H]3CCC[C@]3(C)O)n2)cc1. The third-order valence-corrected chi connectivity index (χ3v) is 6.46. The number of sulfonamides is 1. The van der Waals surface area contributed by atoms with Crippen LogP contribution in [0, 0.1) is 11.3 Å². The summed E-state index contributed by atoms with van der Waals surface area (Å²) in [6.45, 7) is 5.21. The van der Waals surface area contributed by atoms with Gasteiger partial charge in [0.15, 0.2) is 0 Å². The largest absolute Gasteiger partial charge is 0.470 e. The van der Waals surface area contributed by atoms with E-state index < -0.39 is 21.7 Å². The fourth-order valence-electron chi connectivity index (χ4n) is 3.26. The number of rotatable bonds is 7. The van der Waals surface area contributed by atoms with Gasteiger partial charge in [-0.2, -0.15) is 10.2 Å². The molecule has 3 N–H and O–H groups in total. The molecule has 1 aromatic carbocycles. The Kier molecular flexibility index (Phi) is 6.26. The van der Waals surface area contributed by atoms with Gasteiger partial charge in [0, 0.05) is 11.7 Å². The molecule has 0 spiro atoms. The molecule has 2 atom stereocenters. The van der Waals surface area contributed by atoms with E-state index in [4.69, 9.17) is 4.74 Å². The first kappa shape index (κ1) is 22.0. The van der Waals surface area contributed by atoms with E-state index in [0.717, 1.165) is 6.42 Å². The molecule has 9 nitrogen and oxygen atoms in total. The first-order valence-corrected chi connectivity index (χ1v) is 11.1. The van der Waals surface area contributed by atoms with Crippen LogP contribution >= 0.6 is 0 Å². The number of aromatic nitrogens is 2. The van der Waals surface area contributed by atoms with Gasteiger partial charge in [-0.25, -0.2) is 18.1 Å². The van der Waals surface area contributed by atoms with E-state index in [9.17, 15) is 18.8 Å². The molecule has 1 aromatic heterocycles. The van der Waals surface area contributed by atoms with Crippen LogP contribution in [0.25, 0.3) is 0 Å². The Hall–Kier alpha value is -2.74. The lowest BCUT2D eigenvalue weighted by Crippen LogP contribution is -2.38. The molecular formula is C20H25N5O4S. The third kappa shape index (κ3) is 5.05. The normalized spacial score (nSPS) is 21.4. The van der Waals surface area contributed by atoms with Gasteiger partial charge in [0.05, 0.1) is 16.7 Å². The molecule has 30 heavy (non-hydrogen) atoms. The predicted molar refractivity (Wildman–Crippen MR) is 111 cm³/mol. The fourth-order valence-corrected chi connectivity index (χ4v) is 4.51. The van der Waals surface area contributed by atoms with Crippen molar-refractivity contribution < 1.29 is 18.3 Å². The Morgan fingerprint density at radius 1 is 1.33 bits per heavy atom. The van der Waals surface area contributed by atoms with Crippen molar-refractivity contribution in [2.24, 2.45) is 0 Å². The number of anilines is 2. The van der Waals surface area contributed by atoms with Crippen LogP contribution in [-0.2, 0) is 10.0 Å². The van der Waals surface area contributed by atoms with Crippen LogP contribution in [0.4, 0.5) is 11.6 Å². The molecule has 1 aliphatic rings. The van der Waals surface area contributed by atoms with Crippen LogP contribution in [0.2, 0.25) is 0 Å². The van der Waals surface area contributed by atoms with Crippen molar-refractivity contribution in [3.05, 3.63) is 36.0 Å². The minimum Gasteiger partial charge on any atom is -0.470 e. The quantitative estimate of drug-likeness (QED) is 0.608. The van der Waals surface area contributed by atoms with Crippen molar-refractivity contribution in [3.63, 3.8) is 0 Å². The van der Waals surface area contributed by atoms with Gasteiger partial charge in [0.2, 0.25) is 21.9 Å². The van der Waals surface area contributed by atoms with Crippen molar-refractivity contribution in [1.82, 2.24) is 14.7 Å². The molecule has 1 heterocycles. The summed E-state index contributed by atoms with van der Waals surface area (Å²) in [6.07, 6.45) is 3.02. The van der Waals surface area contributed by atoms with E-state index in [1.165, 1.54) is 18.3 Å². The Labute approximate surface area is 176 Å². The number of nitrogens with zero attached hydrogens (tertiary/aromatic N) is 3. The summed E-state index contributed by atoms with van der Waals surface area (Å²) in [5, 5.41) is 22.7. The van der Waals surface area contributed by atoms with E-state index >= 15 is 0 Å². The van der Waals surface area contributed by atoms with Crippen molar-refractivity contribution in [3.8, 4) is 11.9 Å². The van der Waals surface area contributed by atoms with Gasteiger partial charge < -0.3 is 15.2 Å². The molecule has 10 heteroatoms. The zero-order valence-corrected chi connectivity index (χ0v) is 17.9. The number of hydrogen-bond acceptors (Lipinski definition) is 8. The van der Waals surface area contributed by atoms with Crippen molar-refractivity contribution in [2.75, 3.05) is 5.32 Å². The van der Waals surface area contributed by atoms with Crippen LogP contribution < -0.4 is 14.8 Å². The molecule has 1 fully saturated rings. The smallest absolute Gasteiger partial charge is 0.240 e. The Balaban J connectivity index is 1.78. The molecule has 160 valence electrons. The second kappa shape index (κ2) is 8.55. The summed E-state index contributed by atoms with van der Waals surface area (Å²) in [6, 6.07) is 7.93. The number of nitrogens with one attached hydrogen (secondary N) is 2. The first-order chi connectivity index (χ1) is 14.1. The lowest BCUT2D eigenvalue weighted by molar-refractivity contribution is -0.0271. The first-order valence-electron chi connectivity index (χ1n) is 9.66. The van der Waals surface area contributed by atoms with Crippen LogP contribution in [0.15, 0.2) is 35.4 Å². The maximum atomic E-state index is 12.2. The van der Waals surface area contributed by atoms with Gasteiger partial charge in [0.25, 0.3) is 0 Å². The highest BCUT2D eigenvalue weighted by Gasteiger charge is 2.39. The molecule has 1 aliphatic carbocycles. The Morgan fingerprint density at radius 2 is 2.03 bits per heavy atom. The molecule has 0 saturated heterocycles. The van der Waals surface area contributed by atoms with E-state index in [1.807, 2.05) is 6.07 Å². The van der Waals surface area contributed by atoms with Crippen LogP contribution in [-0.4, -0.2) is 41.2 Å². The Bertz CT molecular complexity index is 1050. The van der Waals surface area contributed by atoms with E-state index in [0.29, 0.717) is 18.5 Å². The molecule has 0 aliphatic heterocycles. The van der Waals surface area contributed by atoms with Crippen LogP contribution in [0.5, 0.6) is 5.88 Å². The molecule has 0 radical (unpaired) electrons. The minimum atomic E-state index is -3.58. The molecule has 0 amide bonds. The summed E-state index contributed by atoms with van der Waals surface area (Å²) < 4.78 is 32.8. The molecular weight excluding hydrogens is 406 g/mol. The van der Waals surface area contributed by atoms with Crippen molar-refractivity contribution in [2.45, 2.75) is 62.7 Å². The monoisotopic (exact) mass is 431 g/mol. The zero-order valence-electron chi connectivity index (χ0n) is 17.1. The van der Waals surface area contributed by atoms with Gasteiger partial charge >= 0.3 is 0 Å². The fraction of sp³-hybridized carbons (Fsp3) is 0.450. The van der Waals surface area contributed by atoms with Crippen molar-refractivity contribution >= 4 is 21.7 Å². The van der Waals surface area contributed by atoms with E-state index in [2.05, 4.69) is 20.0 Å². The summed E-state index contributed by atoms with van der Waals surface area (Å²) in [5.41, 5.74) is -0.233. The van der Waals surface area contributed by atoms with E-state index in [-0.39, 0.29) is 28.3 Å². The van der Waals surface area contributed by atoms with Gasteiger partial charge in [-0.1, -0.05) is 0 Å². The molecule has 3 rings (SSSR count). The minimum absolute atomic E-state index is 0.0995. The lowest BCUT2D eigenvalue weighted by atomic mass is 10.0. The molecule has 0 bridgehead atoms. The molecule has 1 saturated carbocycles. The summed E-state index contributed by atoms with van der Waals surface area (Å²) in [4.78, 5) is 8.53. The predicted octanol–water partition coefficient (Wildman–Crippen LogP) is 2.46. The molecule has 0 unspecified atom stereocenters. The maximum absolute atomic E-state index is 12.2. The number of ether oxygens (including phenoxy) is 1. The van der Waals surface area contributed by atoms with Gasteiger partial charge in [-0.15, -0.1) is 0 Å². The second-order valence-electron chi connectivity index (χ2n) is 7.81. The van der Waals surface area contributed by atoms with Gasteiger partial charge in [-0.05, 0) is 64.3 Å². The van der Waals surface area contributed by atoms with Crippen LogP contribution in [0.3, 0.4) is 0 Å². The zero-order chi connectivity index (χ0) is 21.9. The highest BCUT2D eigenvalue weighted by molar-refractivity contribution is 7.89. The lowest BCUT2D eigenvalue weighted by Gasteiger charge is -2.26. The number of aliphatic hydroxyl groups is 1. The number of nitriles is 1. The third-order valence-electron chi connectivity index (χ3n) is 4.78. The Morgan fingerprint density at radius 3 is 2.60 bits per heavy atom.